The highest BCUT2D eigenvalue weighted by molar-refractivity contribution is 5.77. The van der Waals surface area contributed by atoms with Crippen LogP contribution in [0, 0.1) is 0 Å². The summed E-state index contributed by atoms with van der Waals surface area (Å²) in [6.07, 6.45) is 5.45. The van der Waals surface area contributed by atoms with Crippen LogP contribution in [0.3, 0.4) is 0 Å². The molecule has 4 heteroatoms. The Balaban J connectivity index is 2.58. The Bertz CT molecular complexity index is 286. The van der Waals surface area contributed by atoms with Gasteiger partial charge in [0, 0.05) is 30.6 Å². The van der Waals surface area contributed by atoms with Crippen LogP contribution in [-0.2, 0) is 4.79 Å². The molecule has 0 bridgehead atoms. The predicted octanol–water partition coefficient (Wildman–Crippen LogP) is 1.88. The van der Waals surface area contributed by atoms with Crippen molar-refractivity contribution < 1.29 is 4.79 Å². The summed E-state index contributed by atoms with van der Waals surface area (Å²) < 4.78 is 0. The van der Waals surface area contributed by atoms with Crippen molar-refractivity contribution in [3.8, 4) is 0 Å². The summed E-state index contributed by atoms with van der Waals surface area (Å²) >= 11 is 0. The lowest BCUT2D eigenvalue weighted by Crippen LogP contribution is -2.52. The molecule has 112 valence electrons. The summed E-state index contributed by atoms with van der Waals surface area (Å²) in [5, 5.41) is 3.03. The number of carbonyl (C=O) groups excluding carboxylic acids is 1. The second-order valence-corrected chi connectivity index (χ2v) is 6.69. The van der Waals surface area contributed by atoms with E-state index >= 15 is 0 Å². The fourth-order valence-electron chi connectivity index (χ4n) is 2.96. The van der Waals surface area contributed by atoms with E-state index in [4.69, 9.17) is 5.73 Å². The van der Waals surface area contributed by atoms with E-state index in [1.54, 1.807) is 0 Å². The molecule has 0 aliphatic carbocycles. The van der Waals surface area contributed by atoms with Crippen LogP contribution in [0.5, 0.6) is 0 Å². The summed E-state index contributed by atoms with van der Waals surface area (Å²) in [6.45, 7) is 9.91. The highest BCUT2D eigenvalue weighted by atomic mass is 16.1. The number of carbonyl (C=O) groups is 1. The van der Waals surface area contributed by atoms with Crippen molar-refractivity contribution in [2.45, 2.75) is 77.4 Å². The Labute approximate surface area is 118 Å². The fraction of sp³-hybridized carbons (Fsp3) is 0.933. The van der Waals surface area contributed by atoms with Crippen LogP contribution < -0.4 is 11.1 Å². The number of rotatable bonds is 5. The van der Waals surface area contributed by atoms with Gasteiger partial charge in [-0.1, -0.05) is 13.3 Å². The van der Waals surface area contributed by atoms with Crippen molar-refractivity contribution in [1.82, 2.24) is 10.2 Å². The van der Waals surface area contributed by atoms with Gasteiger partial charge in [0.25, 0.3) is 0 Å². The molecule has 0 spiro atoms. The lowest BCUT2D eigenvalue weighted by Gasteiger charge is -2.40. The Morgan fingerprint density at radius 2 is 2.11 bits per heavy atom. The molecule has 4 nitrogen and oxygen atoms in total. The van der Waals surface area contributed by atoms with Crippen LogP contribution in [0.25, 0.3) is 0 Å². The number of amides is 1. The molecule has 1 aliphatic heterocycles. The smallest absolute Gasteiger partial charge is 0.222 e. The molecular formula is C15H31N3O. The lowest BCUT2D eigenvalue weighted by molar-refractivity contribution is -0.124. The zero-order valence-electron chi connectivity index (χ0n) is 13.0. The van der Waals surface area contributed by atoms with E-state index in [1.807, 2.05) is 20.8 Å². The molecule has 0 aromatic heterocycles. The first-order valence-corrected chi connectivity index (χ1v) is 7.64. The third-order valence-corrected chi connectivity index (χ3v) is 3.82. The quantitative estimate of drug-likeness (QED) is 0.801. The number of nitrogens with two attached hydrogens (primary N) is 1. The van der Waals surface area contributed by atoms with Crippen LogP contribution in [0.4, 0.5) is 0 Å². The Kier molecular flexibility index (Phi) is 6.27. The maximum atomic E-state index is 12.1. The molecule has 1 saturated heterocycles. The SMILES string of the molecule is CCC1CCCCN1C(CN)CC(=O)NC(C)(C)C. The minimum absolute atomic E-state index is 0.114. The molecule has 0 aromatic rings. The van der Waals surface area contributed by atoms with Crippen LogP contribution in [0.15, 0.2) is 0 Å². The Morgan fingerprint density at radius 3 is 2.63 bits per heavy atom. The van der Waals surface area contributed by atoms with Gasteiger partial charge < -0.3 is 11.1 Å². The van der Waals surface area contributed by atoms with Crippen LogP contribution in [0.2, 0.25) is 0 Å². The molecule has 1 amide bonds. The molecule has 1 rings (SSSR count). The summed E-state index contributed by atoms with van der Waals surface area (Å²) in [6, 6.07) is 0.789. The molecular weight excluding hydrogens is 238 g/mol. The Hall–Kier alpha value is -0.610. The molecule has 1 heterocycles. The fourth-order valence-corrected chi connectivity index (χ4v) is 2.96. The summed E-state index contributed by atoms with van der Waals surface area (Å²) in [5.74, 6) is 0.114. The summed E-state index contributed by atoms with van der Waals surface area (Å²) in [4.78, 5) is 14.5. The first-order valence-electron chi connectivity index (χ1n) is 7.64. The zero-order valence-corrected chi connectivity index (χ0v) is 13.0. The lowest BCUT2D eigenvalue weighted by atomic mass is 9.96. The van der Waals surface area contributed by atoms with Gasteiger partial charge in [-0.25, -0.2) is 0 Å². The molecule has 2 unspecified atom stereocenters. The normalized spacial score (nSPS) is 23.1. The van der Waals surface area contributed by atoms with Crippen LogP contribution >= 0.6 is 0 Å². The van der Waals surface area contributed by atoms with Gasteiger partial charge in [-0.05, 0) is 46.6 Å². The predicted molar refractivity (Wildman–Crippen MR) is 80.0 cm³/mol. The summed E-state index contributed by atoms with van der Waals surface area (Å²) in [7, 11) is 0. The number of likely N-dealkylation sites (tertiary alicyclic amines) is 1. The van der Waals surface area contributed by atoms with Gasteiger partial charge in [-0.3, -0.25) is 9.69 Å². The molecule has 1 aliphatic rings. The van der Waals surface area contributed by atoms with Crippen molar-refractivity contribution in [3.63, 3.8) is 0 Å². The molecule has 1 fully saturated rings. The highest BCUT2D eigenvalue weighted by Gasteiger charge is 2.29. The topological polar surface area (TPSA) is 58.4 Å². The monoisotopic (exact) mass is 269 g/mol. The van der Waals surface area contributed by atoms with E-state index in [9.17, 15) is 4.79 Å². The Morgan fingerprint density at radius 1 is 1.42 bits per heavy atom. The molecule has 0 saturated carbocycles. The second kappa shape index (κ2) is 7.25. The molecule has 2 atom stereocenters. The van der Waals surface area contributed by atoms with Gasteiger partial charge in [0.1, 0.15) is 0 Å². The minimum Gasteiger partial charge on any atom is -0.351 e. The number of hydrogen-bond donors (Lipinski definition) is 2. The zero-order chi connectivity index (χ0) is 14.5. The van der Waals surface area contributed by atoms with Crippen molar-refractivity contribution in [1.29, 1.82) is 0 Å². The summed E-state index contributed by atoms with van der Waals surface area (Å²) in [5.41, 5.74) is 5.75. The van der Waals surface area contributed by atoms with Crippen molar-refractivity contribution in [2.24, 2.45) is 5.73 Å². The molecule has 0 aromatic carbocycles. The van der Waals surface area contributed by atoms with E-state index in [1.165, 1.54) is 19.3 Å². The minimum atomic E-state index is -0.164. The number of nitrogens with one attached hydrogen (secondary N) is 1. The van der Waals surface area contributed by atoms with Gasteiger partial charge in [-0.2, -0.15) is 0 Å². The van der Waals surface area contributed by atoms with Crippen molar-refractivity contribution in [3.05, 3.63) is 0 Å². The first-order chi connectivity index (χ1) is 8.87. The molecule has 0 radical (unpaired) electrons. The van der Waals surface area contributed by atoms with Gasteiger partial charge >= 0.3 is 0 Å². The molecule has 3 N–H and O–H groups in total. The van der Waals surface area contributed by atoms with Crippen molar-refractivity contribution in [2.75, 3.05) is 13.1 Å². The standard InChI is InChI=1S/C15H31N3O/c1-5-12-8-6-7-9-18(12)13(11-16)10-14(19)17-15(2,3)4/h12-13H,5-11,16H2,1-4H3,(H,17,19). The van der Waals surface area contributed by atoms with Gasteiger partial charge in [0.2, 0.25) is 5.91 Å². The van der Waals surface area contributed by atoms with Gasteiger partial charge in [0.05, 0.1) is 0 Å². The van der Waals surface area contributed by atoms with E-state index in [2.05, 4.69) is 17.1 Å². The number of piperidine rings is 1. The third-order valence-electron chi connectivity index (χ3n) is 3.82. The maximum Gasteiger partial charge on any atom is 0.222 e. The van der Waals surface area contributed by atoms with E-state index in [0.717, 1.165) is 13.0 Å². The second-order valence-electron chi connectivity index (χ2n) is 6.69. The van der Waals surface area contributed by atoms with E-state index in [-0.39, 0.29) is 17.5 Å². The van der Waals surface area contributed by atoms with Crippen molar-refractivity contribution >= 4 is 5.91 Å². The largest absolute Gasteiger partial charge is 0.351 e. The van der Waals surface area contributed by atoms with E-state index < -0.39 is 0 Å². The third kappa shape index (κ3) is 5.49. The number of nitrogens with zero attached hydrogens (tertiary/aromatic N) is 1. The van der Waals surface area contributed by atoms with Gasteiger partial charge in [-0.15, -0.1) is 0 Å². The number of hydrogen-bond acceptors (Lipinski definition) is 3. The average Bonchev–Trinajstić information content (AvgIpc) is 2.33. The maximum absolute atomic E-state index is 12.1. The van der Waals surface area contributed by atoms with Crippen LogP contribution in [-0.4, -0.2) is 41.5 Å². The molecule has 19 heavy (non-hydrogen) atoms. The highest BCUT2D eigenvalue weighted by Crippen LogP contribution is 2.23. The average molecular weight is 269 g/mol. The van der Waals surface area contributed by atoms with Crippen LogP contribution in [0.1, 0.15) is 59.8 Å². The first kappa shape index (κ1) is 16.4. The van der Waals surface area contributed by atoms with E-state index in [0.29, 0.717) is 19.0 Å². The van der Waals surface area contributed by atoms with Gasteiger partial charge in [0.15, 0.2) is 0 Å².